The predicted octanol–water partition coefficient (Wildman–Crippen LogP) is 4.20. The number of halogens is 2. The summed E-state index contributed by atoms with van der Waals surface area (Å²) in [5.74, 6) is 0. The monoisotopic (exact) mass is 217 g/mol. The molecule has 72 valence electrons. The molecule has 1 aromatic carbocycles. The highest BCUT2D eigenvalue weighted by molar-refractivity contribution is 6.43. The molecule has 0 aromatic heterocycles. The van der Waals surface area contributed by atoms with Crippen molar-refractivity contribution in [2.24, 2.45) is 0 Å². The van der Waals surface area contributed by atoms with Crippen molar-refractivity contribution in [3.05, 3.63) is 28.2 Å². The van der Waals surface area contributed by atoms with Crippen LogP contribution in [-0.4, -0.2) is 5.54 Å². The molecule has 0 amide bonds. The topological polar surface area (TPSA) is 12.0 Å². The van der Waals surface area contributed by atoms with E-state index in [2.05, 4.69) is 26.1 Å². The first-order valence-corrected chi connectivity index (χ1v) is 4.88. The van der Waals surface area contributed by atoms with Crippen molar-refractivity contribution in [1.29, 1.82) is 0 Å². The lowest BCUT2D eigenvalue weighted by Gasteiger charge is -2.23. The Labute approximate surface area is 89.0 Å². The van der Waals surface area contributed by atoms with Crippen molar-refractivity contribution in [3.63, 3.8) is 0 Å². The van der Waals surface area contributed by atoms with Crippen LogP contribution in [0.1, 0.15) is 20.8 Å². The molecule has 0 radical (unpaired) electrons. The van der Waals surface area contributed by atoms with E-state index in [1.165, 1.54) is 0 Å². The highest BCUT2D eigenvalue weighted by atomic mass is 35.5. The Morgan fingerprint density at radius 1 is 1.15 bits per heavy atom. The zero-order chi connectivity index (χ0) is 10.1. The Morgan fingerprint density at radius 3 is 2.31 bits per heavy atom. The van der Waals surface area contributed by atoms with Gasteiger partial charge in [-0.3, -0.25) is 0 Å². The molecule has 13 heavy (non-hydrogen) atoms. The third-order valence-electron chi connectivity index (χ3n) is 1.46. The first-order valence-electron chi connectivity index (χ1n) is 4.12. The first kappa shape index (κ1) is 10.7. The van der Waals surface area contributed by atoms with Gasteiger partial charge in [0, 0.05) is 5.54 Å². The quantitative estimate of drug-likeness (QED) is 0.744. The van der Waals surface area contributed by atoms with Crippen molar-refractivity contribution >= 4 is 28.9 Å². The molecule has 0 aliphatic heterocycles. The third-order valence-corrected chi connectivity index (χ3v) is 2.28. The van der Waals surface area contributed by atoms with E-state index in [1.807, 2.05) is 12.1 Å². The Morgan fingerprint density at radius 2 is 1.77 bits per heavy atom. The maximum atomic E-state index is 6.00. The second kappa shape index (κ2) is 3.77. The minimum Gasteiger partial charge on any atom is -0.379 e. The minimum absolute atomic E-state index is 0.00563. The van der Waals surface area contributed by atoms with Crippen molar-refractivity contribution in [2.75, 3.05) is 5.32 Å². The summed E-state index contributed by atoms with van der Waals surface area (Å²) in [4.78, 5) is 0. The molecule has 0 saturated carbocycles. The van der Waals surface area contributed by atoms with E-state index in [-0.39, 0.29) is 5.54 Å². The fourth-order valence-electron chi connectivity index (χ4n) is 1.00. The van der Waals surface area contributed by atoms with Crippen molar-refractivity contribution < 1.29 is 0 Å². The van der Waals surface area contributed by atoms with Gasteiger partial charge in [-0.15, -0.1) is 0 Å². The zero-order valence-electron chi connectivity index (χ0n) is 7.99. The van der Waals surface area contributed by atoms with Crippen LogP contribution in [0, 0.1) is 0 Å². The fraction of sp³-hybridized carbons (Fsp3) is 0.400. The maximum absolute atomic E-state index is 6.00. The lowest BCUT2D eigenvalue weighted by Crippen LogP contribution is -2.26. The molecule has 0 atom stereocenters. The summed E-state index contributed by atoms with van der Waals surface area (Å²) in [5.41, 5.74) is 0.871. The molecule has 0 aliphatic carbocycles. The van der Waals surface area contributed by atoms with Crippen LogP contribution in [0.25, 0.3) is 0 Å². The highest BCUT2D eigenvalue weighted by Gasteiger charge is 2.12. The van der Waals surface area contributed by atoms with Gasteiger partial charge in [-0.2, -0.15) is 0 Å². The van der Waals surface area contributed by atoms with Gasteiger partial charge < -0.3 is 5.32 Å². The normalized spacial score (nSPS) is 11.5. The number of nitrogens with one attached hydrogen (secondary N) is 1. The molecule has 0 spiro atoms. The van der Waals surface area contributed by atoms with Gasteiger partial charge in [-0.25, -0.2) is 0 Å². The molecule has 0 unspecified atom stereocenters. The maximum Gasteiger partial charge on any atom is 0.0823 e. The second-order valence-corrected chi connectivity index (χ2v) is 4.76. The van der Waals surface area contributed by atoms with Crippen LogP contribution in [0.5, 0.6) is 0 Å². The van der Waals surface area contributed by atoms with Crippen molar-refractivity contribution in [3.8, 4) is 0 Å². The molecule has 3 heteroatoms. The first-order chi connectivity index (χ1) is 5.90. The smallest absolute Gasteiger partial charge is 0.0823 e. The second-order valence-electron chi connectivity index (χ2n) is 3.98. The van der Waals surface area contributed by atoms with Gasteiger partial charge >= 0.3 is 0 Å². The molecular weight excluding hydrogens is 205 g/mol. The molecule has 0 saturated heterocycles. The zero-order valence-corrected chi connectivity index (χ0v) is 9.50. The summed E-state index contributed by atoms with van der Waals surface area (Å²) < 4.78 is 0. The van der Waals surface area contributed by atoms with Crippen LogP contribution < -0.4 is 5.32 Å². The Kier molecular flexibility index (Phi) is 3.09. The number of anilines is 1. The van der Waals surface area contributed by atoms with Gasteiger partial charge in [-0.1, -0.05) is 29.3 Å². The van der Waals surface area contributed by atoms with Crippen LogP contribution in [0.15, 0.2) is 18.2 Å². The van der Waals surface area contributed by atoms with E-state index in [4.69, 9.17) is 23.2 Å². The SMILES string of the molecule is CC(C)(C)Nc1cccc(Cl)c1Cl. The molecule has 0 bridgehead atoms. The van der Waals surface area contributed by atoms with Crippen LogP contribution >= 0.6 is 23.2 Å². The number of rotatable bonds is 1. The molecule has 1 nitrogen and oxygen atoms in total. The molecular formula is C10H13Cl2N. The van der Waals surface area contributed by atoms with Crippen LogP contribution in [0.4, 0.5) is 5.69 Å². The van der Waals surface area contributed by atoms with Crippen LogP contribution in [-0.2, 0) is 0 Å². The van der Waals surface area contributed by atoms with Crippen molar-refractivity contribution in [1.82, 2.24) is 0 Å². The highest BCUT2D eigenvalue weighted by Crippen LogP contribution is 2.31. The predicted molar refractivity (Wildman–Crippen MR) is 59.8 cm³/mol. The Balaban J connectivity index is 2.96. The lowest BCUT2D eigenvalue weighted by molar-refractivity contribution is 0.634. The summed E-state index contributed by atoms with van der Waals surface area (Å²) in [6, 6.07) is 5.57. The minimum atomic E-state index is -0.00563. The largest absolute Gasteiger partial charge is 0.379 e. The van der Waals surface area contributed by atoms with E-state index >= 15 is 0 Å². The van der Waals surface area contributed by atoms with Crippen molar-refractivity contribution in [2.45, 2.75) is 26.3 Å². The van der Waals surface area contributed by atoms with Crippen LogP contribution in [0.2, 0.25) is 10.0 Å². The van der Waals surface area contributed by atoms with E-state index in [9.17, 15) is 0 Å². The summed E-state index contributed by atoms with van der Waals surface area (Å²) >= 11 is 11.9. The van der Waals surface area contributed by atoms with Crippen LogP contribution in [0.3, 0.4) is 0 Å². The van der Waals surface area contributed by atoms with E-state index < -0.39 is 0 Å². The summed E-state index contributed by atoms with van der Waals surface area (Å²) in [7, 11) is 0. The summed E-state index contributed by atoms with van der Waals surface area (Å²) in [5, 5.41) is 4.44. The van der Waals surface area contributed by atoms with Gasteiger partial charge in [0.1, 0.15) is 0 Å². The summed E-state index contributed by atoms with van der Waals surface area (Å²) in [6.07, 6.45) is 0. The summed E-state index contributed by atoms with van der Waals surface area (Å²) in [6.45, 7) is 6.22. The molecule has 1 N–H and O–H groups in total. The standard InChI is InChI=1S/C10H13Cl2N/c1-10(2,3)13-8-6-4-5-7(11)9(8)12/h4-6,13H,1-3H3. The van der Waals surface area contributed by atoms with E-state index in [0.717, 1.165) is 5.69 Å². The van der Waals surface area contributed by atoms with E-state index in [0.29, 0.717) is 10.0 Å². The molecule has 1 aromatic rings. The van der Waals surface area contributed by atoms with Gasteiger partial charge in [0.15, 0.2) is 0 Å². The molecule has 0 aliphatic rings. The average Bonchev–Trinajstić information content (AvgIpc) is 1.96. The third kappa shape index (κ3) is 3.09. The van der Waals surface area contributed by atoms with Gasteiger partial charge in [0.25, 0.3) is 0 Å². The van der Waals surface area contributed by atoms with Gasteiger partial charge in [0.2, 0.25) is 0 Å². The number of benzene rings is 1. The van der Waals surface area contributed by atoms with Gasteiger partial charge in [0.05, 0.1) is 15.7 Å². The van der Waals surface area contributed by atoms with Gasteiger partial charge in [-0.05, 0) is 32.9 Å². The molecule has 1 rings (SSSR count). The molecule has 0 fully saturated rings. The molecule has 0 heterocycles. The average molecular weight is 218 g/mol. The Hall–Kier alpha value is -0.400. The number of hydrogen-bond donors (Lipinski definition) is 1. The Bertz CT molecular complexity index is 302. The number of hydrogen-bond acceptors (Lipinski definition) is 1. The van der Waals surface area contributed by atoms with E-state index in [1.54, 1.807) is 6.07 Å². The lowest BCUT2D eigenvalue weighted by atomic mass is 10.1. The fourth-order valence-corrected chi connectivity index (χ4v) is 1.35.